The van der Waals surface area contributed by atoms with Crippen molar-refractivity contribution in [3.8, 4) is 0 Å². The van der Waals surface area contributed by atoms with Gasteiger partial charge in [-0.3, -0.25) is 4.79 Å². The minimum Gasteiger partial charge on any atom is -0.461 e. The third-order valence-electron chi connectivity index (χ3n) is 2.75. The molecule has 0 bridgehead atoms. The maximum Gasteiger partial charge on any atom is 0.311 e. The van der Waals surface area contributed by atoms with Crippen LogP contribution < -0.4 is 0 Å². The van der Waals surface area contributed by atoms with Crippen LogP contribution in [0.15, 0.2) is 36.4 Å². The zero-order valence-corrected chi connectivity index (χ0v) is 12.0. The molecule has 0 aliphatic rings. The highest BCUT2D eigenvalue weighted by Crippen LogP contribution is 2.18. The lowest BCUT2D eigenvalue weighted by Crippen LogP contribution is -2.22. The maximum absolute atomic E-state index is 11.5. The van der Waals surface area contributed by atoms with Gasteiger partial charge in [-0.1, -0.05) is 30.3 Å². The zero-order valence-electron chi connectivity index (χ0n) is 12.0. The molecule has 3 nitrogen and oxygen atoms in total. The number of rotatable bonds is 4. The molecular weight excluding hydrogens is 240 g/mol. The van der Waals surface area contributed by atoms with E-state index in [0.29, 0.717) is 0 Å². The number of carbonyl (C=O) groups is 1. The van der Waals surface area contributed by atoms with Gasteiger partial charge >= 0.3 is 5.97 Å². The lowest BCUT2D eigenvalue weighted by atomic mass is 9.97. The van der Waals surface area contributed by atoms with Crippen molar-refractivity contribution in [3.05, 3.63) is 47.5 Å². The number of aliphatic hydroxyl groups excluding tert-OH is 1. The normalized spacial score (nSPS) is 13.5. The lowest BCUT2D eigenvalue weighted by molar-refractivity contribution is -0.151. The SMILES string of the molecule is Cc1ccccc1C(O)/C=C/COC(=O)C(C)(C)C. The van der Waals surface area contributed by atoms with E-state index >= 15 is 0 Å². The summed E-state index contributed by atoms with van der Waals surface area (Å²) >= 11 is 0. The predicted octanol–water partition coefficient (Wildman–Crippen LogP) is 3.17. The van der Waals surface area contributed by atoms with Crippen LogP contribution >= 0.6 is 0 Å². The number of carbonyl (C=O) groups excluding carboxylic acids is 1. The molecule has 1 rings (SSSR count). The molecule has 1 unspecified atom stereocenters. The summed E-state index contributed by atoms with van der Waals surface area (Å²) in [6.45, 7) is 7.55. The van der Waals surface area contributed by atoms with E-state index in [2.05, 4.69) is 0 Å². The Morgan fingerprint density at radius 2 is 2.00 bits per heavy atom. The molecule has 1 atom stereocenters. The molecule has 0 aromatic heterocycles. The monoisotopic (exact) mass is 262 g/mol. The van der Waals surface area contributed by atoms with E-state index in [1.54, 1.807) is 32.9 Å². The maximum atomic E-state index is 11.5. The largest absolute Gasteiger partial charge is 0.461 e. The minimum atomic E-state index is -0.672. The third-order valence-corrected chi connectivity index (χ3v) is 2.75. The van der Waals surface area contributed by atoms with Crippen molar-refractivity contribution in [1.82, 2.24) is 0 Å². The molecule has 0 amide bonds. The van der Waals surface area contributed by atoms with Crippen molar-refractivity contribution >= 4 is 5.97 Å². The Labute approximate surface area is 114 Å². The molecule has 0 heterocycles. The first kappa shape index (κ1) is 15.4. The van der Waals surface area contributed by atoms with Crippen LogP contribution in [-0.2, 0) is 9.53 Å². The van der Waals surface area contributed by atoms with Crippen LogP contribution in [0.25, 0.3) is 0 Å². The number of aryl methyl sites for hydroxylation is 1. The average Bonchev–Trinajstić information content (AvgIpc) is 2.33. The fraction of sp³-hybridized carbons (Fsp3) is 0.438. The third kappa shape index (κ3) is 4.87. The second-order valence-corrected chi connectivity index (χ2v) is 5.58. The topological polar surface area (TPSA) is 46.5 Å². The summed E-state index contributed by atoms with van der Waals surface area (Å²) in [5.41, 5.74) is 1.40. The molecule has 0 saturated carbocycles. The Kier molecular flexibility index (Phi) is 5.31. The second-order valence-electron chi connectivity index (χ2n) is 5.58. The van der Waals surface area contributed by atoms with Gasteiger partial charge in [-0.25, -0.2) is 0 Å². The van der Waals surface area contributed by atoms with Gasteiger partial charge in [0.05, 0.1) is 11.5 Å². The van der Waals surface area contributed by atoms with Crippen LogP contribution in [0.4, 0.5) is 0 Å². The number of ether oxygens (including phenoxy) is 1. The Bertz CT molecular complexity index is 455. The number of esters is 1. The molecule has 104 valence electrons. The summed E-state index contributed by atoms with van der Waals surface area (Å²) in [5, 5.41) is 10.00. The molecule has 1 aromatic rings. The number of hydrogen-bond donors (Lipinski definition) is 1. The number of aliphatic hydroxyl groups is 1. The molecule has 19 heavy (non-hydrogen) atoms. The van der Waals surface area contributed by atoms with E-state index in [4.69, 9.17) is 4.74 Å². The van der Waals surface area contributed by atoms with Gasteiger partial charge in [0.2, 0.25) is 0 Å². The number of hydrogen-bond acceptors (Lipinski definition) is 3. The minimum absolute atomic E-state index is 0.180. The Hall–Kier alpha value is -1.61. The summed E-state index contributed by atoms with van der Waals surface area (Å²) in [4.78, 5) is 11.5. The number of benzene rings is 1. The van der Waals surface area contributed by atoms with E-state index in [1.807, 2.05) is 31.2 Å². The summed E-state index contributed by atoms with van der Waals surface area (Å²) in [7, 11) is 0. The summed E-state index contributed by atoms with van der Waals surface area (Å²) in [5.74, 6) is -0.248. The fourth-order valence-corrected chi connectivity index (χ4v) is 1.55. The second kappa shape index (κ2) is 6.53. The van der Waals surface area contributed by atoms with Crippen LogP contribution in [0, 0.1) is 12.3 Å². The highest BCUT2D eigenvalue weighted by Gasteiger charge is 2.22. The van der Waals surface area contributed by atoms with E-state index in [1.165, 1.54) is 0 Å². The lowest BCUT2D eigenvalue weighted by Gasteiger charge is -2.15. The first-order valence-corrected chi connectivity index (χ1v) is 6.40. The van der Waals surface area contributed by atoms with Gasteiger partial charge in [0.15, 0.2) is 0 Å². The average molecular weight is 262 g/mol. The molecule has 0 aliphatic heterocycles. The molecular formula is C16H22O3. The molecule has 0 radical (unpaired) electrons. The van der Waals surface area contributed by atoms with E-state index in [-0.39, 0.29) is 12.6 Å². The highest BCUT2D eigenvalue weighted by atomic mass is 16.5. The standard InChI is InChI=1S/C16H22O3/c1-12-8-5-6-9-13(12)14(17)10-7-11-19-15(18)16(2,3)4/h5-10,14,17H,11H2,1-4H3/b10-7+. The van der Waals surface area contributed by atoms with Gasteiger partial charge in [-0.15, -0.1) is 0 Å². The van der Waals surface area contributed by atoms with Crippen LogP contribution in [-0.4, -0.2) is 17.7 Å². The van der Waals surface area contributed by atoms with Gasteiger partial charge in [0.1, 0.15) is 6.61 Å². The van der Waals surface area contributed by atoms with Crippen molar-refractivity contribution in [2.45, 2.75) is 33.8 Å². The quantitative estimate of drug-likeness (QED) is 0.669. The van der Waals surface area contributed by atoms with E-state index in [0.717, 1.165) is 11.1 Å². The summed E-state index contributed by atoms with van der Waals surface area (Å²) < 4.78 is 5.09. The molecule has 0 fully saturated rings. The fourth-order valence-electron chi connectivity index (χ4n) is 1.55. The van der Waals surface area contributed by atoms with Crippen LogP contribution in [0.5, 0.6) is 0 Å². The molecule has 0 spiro atoms. The summed E-state index contributed by atoms with van der Waals surface area (Å²) in [6, 6.07) is 7.65. The van der Waals surface area contributed by atoms with Crippen LogP contribution in [0.2, 0.25) is 0 Å². The smallest absolute Gasteiger partial charge is 0.311 e. The van der Waals surface area contributed by atoms with Crippen molar-refractivity contribution in [2.75, 3.05) is 6.61 Å². The Balaban J connectivity index is 2.50. The Morgan fingerprint density at radius 3 is 2.58 bits per heavy atom. The predicted molar refractivity (Wildman–Crippen MR) is 75.7 cm³/mol. The van der Waals surface area contributed by atoms with Crippen molar-refractivity contribution in [1.29, 1.82) is 0 Å². The first-order chi connectivity index (χ1) is 8.82. The van der Waals surface area contributed by atoms with Crippen molar-refractivity contribution in [2.24, 2.45) is 5.41 Å². The molecule has 0 aliphatic carbocycles. The molecule has 1 aromatic carbocycles. The van der Waals surface area contributed by atoms with Gasteiger partial charge < -0.3 is 9.84 Å². The van der Waals surface area contributed by atoms with E-state index < -0.39 is 11.5 Å². The van der Waals surface area contributed by atoms with E-state index in [9.17, 15) is 9.90 Å². The van der Waals surface area contributed by atoms with Crippen LogP contribution in [0.1, 0.15) is 38.0 Å². The van der Waals surface area contributed by atoms with Gasteiger partial charge in [0, 0.05) is 0 Å². The first-order valence-electron chi connectivity index (χ1n) is 6.40. The van der Waals surface area contributed by atoms with Gasteiger partial charge in [0.25, 0.3) is 0 Å². The highest BCUT2D eigenvalue weighted by molar-refractivity contribution is 5.75. The van der Waals surface area contributed by atoms with Crippen molar-refractivity contribution in [3.63, 3.8) is 0 Å². The van der Waals surface area contributed by atoms with Gasteiger partial charge in [-0.05, 0) is 44.9 Å². The van der Waals surface area contributed by atoms with Gasteiger partial charge in [-0.2, -0.15) is 0 Å². The molecule has 3 heteroatoms. The Morgan fingerprint density at radius 1 is 1.37 bits per heavy atom. The van der Waals surface area contributed by atoms with Crippen LogP contribution in [0.3, 0.4) is 0 Å². The molecule has 1 N–H and O–H groups in total. The van der Waals surface area contributed by atoms with Crippen molar-refractivity contribution < 1.29 is 14.6 Å². The molecule has 0 saturated heterocycles. The summed E-state index contributed by atoms with van der Waals surface area (Å²) in [6.07, 6.45) is 2.63. The zero-order chi connectivity index (χ0) is 14.5.